The number of oxime groups is 1. The van der Waals surface area contributed by atoms with Gasteiger partial charge in [0.05, 0.1) is 29.1 Å². The average molecular weight is 484 g/mol. The van der Waals surface area contributed by atoms with Crippen LogP contribution >= 0.6 is 0 Å². The second-order valence-corrected chi connectivity index (χ2v) is 8.12. The van der Waals surface area contributed by atoms with Gasteiger partial charge in [0.25, 0.3) is 5.78 Å². The maximum atomic E-state index is 13.3. The average Bonchev–Trinajstić information content (AvgIpc) is 3.39. The number of carbonyl (C=O) groups excluding carboxylic acids is 4. The number of aryl methyl sites for hydroxylation is 1. The third-order valence-electron chi connectivity index (χ3n) is 6.02. The number of ether oxygens (including phenoxy) is 2. The van der Waals surface area contributed by atoms with E-state index in [4.69, 9.17) is 9.47 Å². The minimum Gasteiger partial charge on any atom is -0.465 e. The zero-order chi connectivity index (χ0) is 25.6. The molecular formula is C27H20N2O7. The Balaban J connectivity index is 1.64. The highest BCUT2D eigenvalue weighted by molar-refractivity contribution is 6.47. The number of nitrogens with zero attached hydrogens (tertiary/aromatic N) is 2. The zero-order valence-electron chi connectivity index (χ0n) is 19.7. The Kier molecular flexibility index (Phi) is 5.60. The van der Waals surface area contributed by atoms with Crippen LogP contribution < -0.4 is 4.74 Å². The molecule has 1 aliphatic heterocycles. The number of methoxy groups -OCH3 is 1. The smallest absolute Gasteiger partial charge is 0.337 e. The lowest BCUT2D eigenvalue weighted by Crippen LogP contribution is -2.13. The molecule has 0 aliphatic carbocycles. The Hall–Kier alpha value is -4.79. The fraction of sp³-hybridized carbons (Fsp3) is 0.148. The quantitative estimate of drug-likeness (QED) is 0.180. The highest BCUT2D eigenvalue weighted by Crippen LogP contribution is 2.41. The van der Waals surface area contributed by atoms with Gasteiger partial charge < -0.3 is 18.9 Å². The van der Waals surface area contributed by atoms with E-state index in [1.165, 1.54) is 26.2 Å². The molecule has 0 amide bonds. The van der Waals surface area contributed by atoms with Crippen molar-refractivity contribution in [1.29, 1.82) is 0 Å². The van der Waals surface area contributed by atoms with E-state index in [0.717, 1.165) is 16.4 Å². The Bertz CT molecular complexity index is 1630. The molecule has 0 atom stereocenters. The van der Waals surface area contributed by atoms with E-state index in [1.54, 1.807) is 30.3 Å². The van der Waals surface area contributed by atoms with E-state index in [0.29, 0.717) is 39.9 Å². The van der Waals surface area contributed by atoms with Crippen molar-refractivity contribution in [2.45, 2.75) is 20.4 Å². The van der Waals surface area contributed by atoms with Crippen molar-refractivity contribution in [3.63, 3.8) is 0 Å². The van der Waals surface area contributed by atoms with Gasteiger partial charge in [-0.3, -0.25) is 9.59 Å². The van der Waals surface area contributed by atoms with E-state index in [9.17, 15) is 19.2 Å². The van der Waals surface area contributed by atoms with Gasteiger partial charge in [0.1, 0.15) is 0 Å². The van der Waals surface area contributed by atoms with Crippen molar-refractivity contribution < 1.29 is 33.5 Å². The minimum atomic E-state index is -0.676. The highest BCUT2D eigenvalue weighted by atomic mass is 16.7. The zero-order valence-corrected chi connectivity index (χ0v) is 19.7. The molecule has 0 saturated carbocycles. The monoisotopic (exact) mass is 484 g/mol. The van der Waals surface area contributed by atoms with Crippen molar-refractivity contribution >= 4 is 51.2 Å². The SMILES string of the molecule is CCn1c2ccc(C(=O)c3ccc(C(=O)OC)cc3)cc2c2c3c(ccc21)C(=O)C(=NOC(C)=O)O3. The van der Waals surface area contributed by atoms with E-state index in [2.05, 4.69) is 14.6 Å². The molecule has 4 aromatic rings. The van der Waals surface area contributed by atoms with Crippen LogP contribution in [0.4, 0.5) is 0 Å². The van der Waals surface area contributed by atoms with Gasteiger partial charge in [-0.1, -0.05) is 12.1 Å². The van der Waals surface area contributed by atoms with Crippen LogP contribution in [0.15, 0.2) is 59.8 Å². The van der Waals surface area contributed by atoms with Crippen LogP contribution in [0.25, 0.3) is 21.8 Å². The predicted octanol–water partition coefficient (Wildman–Crippen LogP) is 4.28. The lowest BCUT2D eigenvalue weighted by molar-refractivity contribution is -0.141. The maximum Gasteiger partial charge on any atom is 0.337 e. The first-order valence-corrected chi connectivity index (χ1v) is 11.1. The van der Waals surface area contributed by atoms with Gasteiger partial charge in [0, 0.05) is 35.5 Å². The largest absolute Gasteiger partial charge is 0.465 e. The van der Waals surface area contributed by atoms with Gasteiger partial charge in [-0.15, -0.1) is 0 Å². The molecule has 0 N–H and O–H groups in total. The molecule has 0 radical (unpaired) electrons. The van der Waals surface area contributed by atoms with E-state index in [-0.39, 0.29) is 11.7 Å². The number of hydrogen-bond donors (Lipinski definition) is 0. The summed E-state index contributed by atoms with van der Waals surface area (Å²) in [7, 11) is 1.29. The molecule has 5 rings (SSSR count). The molecule has 0 fully saturated rings. The number of hydrogen-bond acceptors (Lipinski definition) is 8. The van der Waals surface area contributed by atoms with Gasteiger partial charge in [0.2, 0.25) is 0 Å². The number of esters is 1. The minimum absolute atomic E-state index is 0.229. The number of carbonyl (C=O) groups is 4. The summed E-state index contributed by atoms with van der Waals surface area (Å²) in [6.45, 7) is 3.81. The Morgan fingerprint density at radius 1 is 0.944 bits per heavy atom. The van der Waals surface area contributed by atoms with Gasteiger partial charge in [0.15, 0.2) is 11.5 Å². The maximum absolute atomic E-state index is 13.3. The number of fused-ring (bicyclic) bond motifs is 5. The number of ketones is 2. The topological polar surface area (TPSA) is 113 Å². The molecule has 36 heavy (non-hydrogen) atoms. The molecule has 2 heterocycles. The molecule has 0 saturated heterocycles. The Labute approximate surface area is 204 Å². The van der Waals surface area contributed by atoms with Crippen LogP contribution in [0.1, 0.15) is 50.5 Å². The number of benzene rings is 3. The summed E-state index contributed by atoms with van der Waals surface area (Å²) in [6, 6.07) is 15.0. The number of Topliss-reactive ketones (excluding diaryl/α,β-unsaturated/α-hetero) is 1. The lowest BCUT2D eigenvalue weighted by atomic mass is 9.99. The van der Waals surface area contributed by atoms with Crippen LogP contribution in [0, 0.1) is 0 Å². The van der Waals surface area contributed by atoms with Crippen molar-refractivity contribution in [2.24, 2.45) is 5.16 Å². The Morgan fingerprint density at radius 2 is 1.61 bits per heavy atom. The third kappa shape index (κ3) is 3.61. The van der Waals surface area contributed by atoms with Crippen LogP contribution in [-0.2, 0) is 20.9 Å². The van der Waals surface area contributed by atoms with Crippen LogP contribution in [-0.4, -0.2) is 41.1 Å². The first-order chi connectivity index (χ1) is 17.3. The van der Waals surface area contributed by atoms with Crippen LogP contribution in [0.3, 0.4) is 0 Å². The lowest BCUT2D eigenvalue weighted by Gasteiger charge is -2.05. The molecular weight excluding hydrogens is 464 g/mol. The predicted molar refractivity (Wildman–Crippen MR) is 130 cm³/mol. The van der Waals surface area contributed by atoms with Crippen molar-refractivity contribution in [3.8, 4) is 5.75 Å². The first kappa shape index (κ1) is 23.0. The van der Waals surface area contributed by atoms with Crippen molar-refractivity contribution in [1.82, 2.24) is 4.57 Å². The first-order valence-electron chi connectivity index (χ1n) is 11.1. The van der Waals surface area contributed by atoms with Gasteiger partial charge in [-0.2, -0.15) is 0 Å². The summed E-state index contributed by atoms with van der Waals surface area (Å²) >= 11 is 0. The molecule has 3 aromatic carbocycles. The van der Waals surface area contributed by atoms with Gasteiger partial charge >= 0.3 is 17.8 Å². The third-order valence-corrected chi connectivity index (χ3v) is 6.02. The molecule has 0 spiro atoms. The normalized spacial score (nSPS) is 13.6. The summed E-state index contributed by atoms with van der Waals surface area (Å²) in [5, 5.41) is 4.92. The second-order valence-electron chi connectivity index (χ2n) is 8.12. The molecule has 1 aromatic heterocycles. The van der Waals surface area contributed by atoms with E-state index >= 15 is 0 Å². The highest BCUT2D eigenvalue weighted by Gasteiger charge is 2.33. The molecule has 0 bridgehead atoms. The van der Waals surface area contributed by atoms with Gasteiger partial charge in [-0.05, 0) is 54.5 Å². The van der Waals surface area contributed by atoms with E-state index in [1.807, 2.05) is 19.1 Å². The second kappa shape index (κ2) is 8.77. The fourth-order valence-corrected chi connectivity index (χ4v) is 4.39. The Morgan fingerprint density at radius 3 is 2.28 bits per heavy atom. The van der Waals surface area contributed by atoms with E-state index < -0.39 is 17.7 Å². The molecule has 0 unspecified atom stereocenters. The number of aromatic nitrogens is 1. The molecule has 9 heteroatoms. The summed E-state index contributed by atoms with van der Waals surface area (Å²) in [5.41, 5.74) is 3.16. The summed E-state index contributed by atoms with van der Waals surface area (Å²) in [6.07, 6.45) is 0. The van der Waals surface area contributed by atoms with Crippen LogP contribution in [0.2, 0.25) is 0 Å². The van der Waals surface area contributed by atoms with Crippen molar-refractivity contribution in [2.75, 3.05) is 7.11 Å². The standard InChI is InChI=1S/C27H20N2O7/c1-4-29-20-11-9-17(23(31)15-5-7-16(8-6-15)27(33)34-3)13-19(20)22-21(29)12-10-18-24(32)26(35-25(18)22)28-36-14(2)30/h5-13H,4H2,1-3H3. The number of rotatable bonds is 5. The molecule has 180 valence electrons. The molecule has 9 nitrogen and oxygen atoms in total. The summed E-state index contributed by atoms with van der Waals surface area (Å²) in [4.78, 5) is 53.5. The summed E-state index contributed by atoms with van der Waals surface area (Å²) in [5.74, 6) is -1.92. The summed E-state index contributed by atoms with van der Waals surface area (Å²) < 4.78 is 12.5. The molecule has 1 aliphatic rings. The van der Waals surface area contributed by atoms with Crippen molar-refractivity contribution in [3.05, 3.63) is 76.9 Å². The fourth-order valence-electron chi connectivity index (χ4n) is 4.39. The van der Waals surface area contributed by atoms with Crippen LogP contribution in [0.5, 0.6) is 5.75 Å². The van der Waals surface area contributed by atoms with Gasteiger partial charge in [-0.25, -0.2) is 9.59 Å².